The van der Waals surface area contributed by atoms with Gasteiger partial charge in [-0.05, 0) is 18.2 Å². The van der Waals surface area contributed by atoms with E-state index in [2.05, 4.69) is 0 Å². The molecular weight excluding hydrogens is 235 g/mol. The van der Waals surface area contributed by atoms with Gasteiger partial charge in [0.1, 0.15) is 12.4 Å². The standard InChI is InChI=1S/C11H10F3NO2/c1-16-2-3-17-10-5-8(7-15)4-9(6-10)11(12,13)14/h4-6H,2-3H2,1H3. The number of hydrogen-bond donors (Lipinski definition) is 0. The fourth-order valence-corrected chi connectivity index (χ4v) is 1.15. The maximum atomic E-state index is 12.5. The van der Waals surface area contributed by atoms with Crippen LogP contribution in [0.15, 0.2) is 18.2 Å². The van der Waals surface area contributed by atoms with Gasteiger partial charge in [-0.15, -0.1) is 0 Å². The van der Waals surface area contributed by atoms with Crippen LogP contribution in [0, 0.1) is 11.3 Å². The lowest BCUT2D eigenvalue weighted by atomic mass is 10.1. The molecule has 0 unspecified atom stereocenters. The van der Waals surface area contributed by atoms with Crippen molar-refractivity contribution in [2.75, 3.05) is 20.3 Å². The molecule has 0 radical (unpaired) electrons. The van der Waals surface area contributed by atoms with E-state index in [4.69, 9.17) is 14.7 Å². The average molecular weight is 245 g/mol. The van der Waals surface area contributed by atoms with Crippen LogP contribution in [0.2, 0.25) is 0 Å². The topological polar surface area (TPSA) is 42.2 Å². The smallest absolute Gasteiger partial charge is 0.416 e. The zero-order chi connectivity index (χ0) is 12.9. The molecular formula is C11H10F3NO2. The summed E-state index contributed by atoms with van der Waals surface area (Å²) in [6.07, 6.45) is -4.49. The molecule has 6 heteroatoms. The second kappa shape index (κ2) is 5.55. The highest BCUT2D eigenvalue weighted by molar-refractivity contribution is 5.41. The number of halogens is 3. The van der Waals surface area contributed by atoms with Crippen molar-refractivity contribution in [1.82, 2.24) is 0 Å². The van der Waals surface area contributed by atoms with Crippen LogP contribution in [0.4, 0.5) is 13.2 Å². The first-order valence-electron chi connectivity index (χ1n) is 4.71. The quantitative estimate of drug-likeness (QED) is 0.766. The molecule has 0 aromatic heterocycles. The number of methoxy groups -OCH3 is 1. The third-order valence-corrected chi connectivity index (χ3v) is 1.92. The average Bonchev–Trinajstić information content (AvgIpc) is 2.28. The highest BCUT2D eigenvalue weighted by atomic mass is 19.4. The summed E-state index contributed by atoms with van der Waals surface area (Å²) in [6, 6.07) is 4.55. The Labute approximate surface area is 96.4 Å². The normalized spacial score (nSPS) is 11.0. The summed E-state index contributed by atoms with van der Waals surface area (Å²) in [5.74, 6) is 0.00780. The van der Waals surface area contributed by atoms with Gasteiger partial charge in [-0.2, -0.15) is 18.4 Å². The third-order valence-electron chi connectivity index (χ3n) is 1.92. The summed E-state index contributed by atoms with van der Waals surface area (Å²) in [4.78, 5) is 0. The van der Waals surface area contributed by atoms with Crippen LogP contribution in [0.1, 0.15) is 11.1 Å². The van der Waals surface area contributed by atoms with E-state index in [0.717, 1.165) is 12.1 Å². The Morgan fingerprint density at radius 2 is 1.94 bits per heavy atom. The van der Waals surface area contributed by atoms with Crippen molar-refractivity contribution >= 4 is 0 Å². The minimum Gasteiger partial charge on any atom is -0.491 e. The van der Waals surface area contributed by atoms with Gasteiger partial charge in [0.15, 0.2) is 0 Å². The summed E-state index contributed by atoms with van der Waals surface area (Å²) < 4.78 is 47.2. The molecule has 0 saturated carbocycles. The predicted molar refractivity (Wildman–Crippen MR) is 53.5 cm³/mol. The summed E-state index contributed by atoms with van der Waals surface area (Å²) in [6.45, 7) is 0.390. The van der Waals surface area contributed by atoms with Gasteiger partial charge in [0, 0.05) is 7.11 Å². The van der Waals surface area contributed by atoms with Gasteiger partial charge in [-0.3, -0.25) is 0 Å². The SMILES string of the molecule is COCCOc1cc(C#N)cc(C(F)(F)F)c1. The molecule has 1 aromatic rings. The van der Waals surface area contributed by atoms with Crippen molar-refractivity contribution in [1.29, 1.82) is 5.26 Å². The van der Waals surface area contributed by atoms with Gasteiger partial charge in [0.25, 0.3) is 0 Å². The summed E-state index contributed by atoms with van der Waals surface area (Å²) in [7, 11) is 1.45. The van der Waals surface area contributed by atoms with Gasteiger partial charge in [0.05, 0.1) is 23.8 Å². The van der Waals surface area contributed by atoms with E-state index in [-0.39, 0.29) is 24.5 Å². The lowest BCUT2D eigenvalue weighted by molar-refractivity contribution is -0.137. The number of alkyl halides is 3. The molecule has 1 rings (SSSR count). The van der Waals surface area contributed by atoms with Gasteiger partial charge >= 0.3 is 6.18 Å². The lowest BCUT2D eigenvalue weighted by Crippen LogP contribution is -2.08. The summed E-state index contributed by atoms with van der Waals surface area (Å²) in [5.41, 5.74) is -0.990. The maximum absolute atomic E-state index is 12.5. The number of ether oxygens (including phenoxy) is 2. The second-order valence-electron chi connectivity index (χ2n) is 3.20. The Hall–Kier alpha value is -1.74. The Morgan fingerprint density at radius 1 is 1.24 bits per heavy atom. The Balaban J connectivity index is 2.95. The van der Waals surface area contributed by atoms with Crippen molar-refractivity contribution in [3.63, 3.8) is 0 Å². The molecule has 0 saturated heterocycles. The van der Waals surface area contributed by atoms with Gasteiger partial charge in [-0.25, -0.2) is 0 Å². The minimum absolute atomic E-state index is 0.00780. The summed E-state index contributed by atoms with van der Waals surface area (Å²) in [5, 5.41) is 8.63. The summed E-state index contributed by atoms with van der Waals surface area (Å²) >= 11 is 0. The number of hydrogen-bond acceptors (Lipinski definition) is 3. The third kappa shape index (κ3) is 3.96. The van der Waals surface area contributed by atoms with E-state index in [0.29, 0.717) is 0 Å². The monoisotopic (exact) mass is 245 g/mol. The van der Waals surface area contributed by atoms with E-state index in [1.54, 1.807) is 6.07 Å². The van der Waals surface area contributed by atoms with Crippen molar-refractivity contribution < 1.29 is 22.6 Å². The van der Waals surface area contributed by atoms with Crippen LogP contribution < -0.4 is 4.74 Å². The van der Waals surface area contributed by atoms with E-state index in [1.807, 2.05) is 0 Å². The molecule has 0 fully saturated rings. The Morgan fingerprint density at radius 3 is 2.47 bits per heavy atom. The predicted octanol–water partition coefficient (Wildman–Crippen LogP) is 2.60. The number of benzene rings is 1. The molecule has 0 spiro atoms. The van der Waals surface area contributed by atoms with Gasteiger partial charge < -0.3 is 9.47 Å². The number of nitrogens with zero attached hydrogens (tertiary/aromatic N) is 1. The highest BCUT2D eigenvalue weighted by Crippen LogP contribution is 2.32. The maximum Gasteiger partial charge on any atom is 0.416 e. The lowest BCUT2D eigenvalue weighted by Gasteiger charge is -2.10. The highest BCUT2D eigenvalue weighted by Gasteiger charge is 2.31. The van der Waals surface area contributed by atoms with Crippen molar-refractivity contribution in [3.8, 4) is 11.8 Å². The number of rotatable bonds is 4. The Kier molecular flexibility index (Phi) is 4.35. The van der Waals surface area contributed by atoms with Crippen molar-refractivity contribution in [3.05, 3.63) is 29.3 Å². The zero-order valence-corrected chi connectivity index (χ0v) is 9.04. The molecule has 0 atom stereocenters. The molecule has 0 aliphatic rings. The Bertz CT molecular complexity index is 424. The molecule has 0 aliphatic carbocycles. The second-order valence-corrected chi connectivity index (χ2v) is 3.20. The first-order chi connectivity index (χ1) is 7.97. The van der Waals surface area contributed by atoms with Gasteiger partial charge in [-0.1, -0.05) is 0 Å². The van der Waals surface area contributed by atoms with E-state index >= 15 is 0 Å². The van der Waals surface area contributed by atoms with Gasteiger partial charge in [0.2, 0.25) is 0 Å². The molecule has 17 heavy (non-hydrogen) atoms. The first kappa shape index (κ1) is 13.3. The van der Waals surface area contributed by atoms with Crippen LogP contribution in [-0.2, 0) is 10.9 Å². The van der Waals surface area contributed by atoms with Crippen LogP contribution >= 0.6 is 0 Å². The molecule has 1 aromatic carbocycles. The van der Waals surface area contributed by atoms with E-state index in [1.165, 1.54) is 13.2 Å². The molecule has 0 amide bonds. The molecule has 0 bridgehead atoms. The fraction of sp³-hybridized carbons (Fsp3) is 0.364. The largest absolute Gasteiger partial charge is 0.491 e. The van der Waals surface area contributed by atoms with E-state index in [9.17, 15) is 13.2 Å². The molecule has 0 aliphatic heterocycles. The number of nitriles is 1. The molecule has 92 valence electrons. The first-order valence-corrected chi connectivity index (χ1v) is 4.71. The van der Waals surface area contributed by atoms with E-state index < -0.39 is 11.7 Å². The van der Waals surface area contributed by atoms with Crippen LogP contribution in [0.25, 0.3) is 0 Å². The fourth-order valence-electron chi connectivity index (χ4n) is 1.15. The minimum atomic E-state index is -4.49. The molecule has 3 nitrogen and oxygen atoms in total. The van der Waals surface area contributed by atoms with Crippen molar-refractivity contribution in [2.24, 2.45) is 0 Å². The van der Waals surface area contributed by atoms with Crippen LogP contribution in [-0.4, -0.2) is 20.3 Å². The molecule has 0 heterocycles. The van der Waals surface area contributed by atoms with Crippen molar-refractivity contribution in [2.45, 2.75) is 6.18 Å². The van der Waals surface area contributed by atoms with Crippen LogP contribution in [0.5, 0.6) is 5.75 Å². The molecule has 0 N–H and O–H groups in total. The van der Waals surface area contributed by atoms with Crippen LogP contribution in [0.3, 0.4) is 0 Å². The zero-order valence-electron chi connectivity index (χ0n) is 9.04.